The van der Waals surface area contributed by atoms with E-state index in [-0.39, 0.29) is 29.5 Å². The summed E-state index contributed by atoms with van der Waals surface area (Å²) >= 11 is 0. The van der Waals surface area contributed by atoms with Gasteiger partial charge in [0.1, 0.15) is 17.1 Å². The van der Waals surface area contributed by atoms with Crippen molar-refractivity contribution in [1.29, 1.82) is 0 Å². The highest BCUT2D eigenvalue weighted by atomic mass is 19.1. The van der Waals surface area contributed by atoms with E-state index in [9.17, 15) is 14.0 Å². The second kappa shape index (κ2) is 7.89. The van der Waals surface area contributed by atoms with Crippen LogP contribution in [-0.2, 0) is 6.54 Å². The number of halogens is 1. The maximum Gasteiger partial charge on any atom is 0.291 e. The lowest BCUT2D eigenvalue weighted by atomic mass is 9.97. The molecule has 4 aromatic rings. The van der Waals surface area contributed by atoms with E-state index in [1.807, 2.05) is 38.1 Å². The predicted molar refractivity (Wildman–Crippen MR) is 123 cm³/mol. The zero-order valence-corrected chi connectivity index (χ0v) is 18.5. The lowest BCUT2D eigenvalue weighted by Crippen LogP contribution is -2.29. The lowest BCUT2D eigenvalue weighted by molar-refractivity contribution is 0.0714. The fraction of sp³-hybridized carbons (Fsp3) is 0.185. The number of aryl methyl sites for hydroxylation is 2. The second-order valence-electron chi connectivity index (χ2n) is 8.37. The molecule has 0 bridgehead atoms. The van der Waals surface area contributed by atoms with Gasteiger partial charge in [-0.25, -0.2) is 4.39 Å². The third kappa shape index (κ3) is 3.48. The predicted octanol–water partition coefficient (Wildman–Crippen LogP) is 5.30. The van der Waals surface area contributed by atoms with E-state index < -0.39 is 6.04 Å². The Bertz CT molecular complexity index is 1460. The van der Waals surface area contributed by atoms with Gasteiger partial charge in [0.05, 0.1) is 24.1 Å². The number of hydrogen-bond donors (Lipinski definition) is 0. The molecule has 5 rings (SSSR count). The number of rotatable bonds is 4. The molecule has 0 radical (unpaired) electrons. The molecule has 0 N–H and O–H groups in total. The van der Waals surface area contributed by atoms with Crippen LogP contribution in [0.15, 0.2) is 69.9 Å². The van der Waals surface area contributed by atoms with Gasteiger partial charge in [-0.05, 0) is 66.4 Å². The fourth-order valence-electron chi connectivity index (χ4n) is 4.58. The zero-order chi connectivity index (χ0) is 23.3. The summed E-state index contributed by atoms with van der Waals surface area (Å²) in [5.41, 5.74) is 3.73. The number of ether oxygens (including phenoxy) is 1. The molecule has 1 amide bonds. The summed E-state index contributed by atoms with van der Waals surface area (Å²) in [7, 11) is 1.57. The first-order chi connectivity index (χ1) is 15.9. The summed E-state index contributed by atoms with van der Waals surface area (Å²) in [5.74, 6) is -0.0597. The van der Waals surface area contributed by atoms with Crippen molar-refractivity contribution in [3.8, 4) is 5.75 Å². The van der Waals surface area contributed by atoms with E-state index in [2.05, 4.69) is 0 Å². The maximum absolute atomic E-state index is 13.7. The van der Waals surface area contributed by atoms with Crippen LogP contribution < -0.4 is 10.2 Å². The van der Waals surface area contributed by atoms with Crippen LogP contribution >= 0.6 is 0 Å². The Morgan fingerprint density at radius 3 is 2.52 bits per heavy atom. The minimum absolute atomic E-state index is 0.0504. The first kappa shape index (κ1) is 20.9. The van der Waals surface area contributed by atoms with E-state index in [4.69, 9.17) is 9.15 Å². The van der Waals surface area contributed by atoms with Crippen LogP contribution in [0.2, 0.25) is 0 Å². The molecule has 5 nitrogen and oxygen atoms in total. The van der Waals surface area contributed by atoms with E-state index in [0.717, 1.165) is 22.3 Å². The largest absolute Gasteiger partial charge is 0.497 e. The average molecular weight is 443 g/mol. The summed E-state index contributed by atoms with van der Waals surface area (Å²) in [6.45, 7) is 3.98. The summed E-state index contributed by atoms with van der Waals surface area (Å²) in [5, 5.41) is 0.454. The molecule has 1 unspecified atom stereocenters. The molecule has 6 heteroatoms. The van der Waals surface area contributed by atoms with Gasteiger partial charge in [0.15, 0.2) is 5.43 Å². The molecule has 0 saturated carbocycles. The Balaban J connectivity index is 1.75. The minimum Gasteiger partial charge on any atom is -0.497 e. The average Bonchev–Trinajstić information content (AvgIpc) is 3.08. The van der Waals surface area contributed by atoms with Crippen molar-refractivity contribution in [3.05, 3.63) is 110 Å². The van der Waals surface area contributed by atoms with Crippen LogP contribution in [0.5, 0.6) is 5.75 Å². The summed E-state index contributed by atoms with van der Waals surface area (Å²) in [6, 6.07) is 16.3. The molecule has 0 aliphatic carbocycles. The Morgan fingerprint density at radius 1 is 1.03 bits per heavy atom. The zero-order valence-electron chi connectivity index (χ0n) is 18.5. The van der Waals surface area contributed by atoms with Gasteiger partial charge in [0.2, 0.25) is 5.76 Å². The molecule has 0 spiro atoms. The molecule has 1 aliphatic heterocycles. The highest BCUT2D eigenvalue weighted by molar-refractivity contribution is 5.99. The second-order valence-corrected chi connectivity index (χ2v) is 8.37. The van der Waals surface area contributed by atoms with Crippen LogP contribution in [0.3, 0.4) is 0 Å². The first-order valence-electron chi connectivity index (χ1n) is 10.6. The Labute approximate surface area is 190 Å². The molecule has 1 atom stereocenters. The Morgan fingerprint density at radius 2 is 1.79 bits per heavy atom. The Kier molecular flexibility index (Phi) is 5.01. The van der Waals surface area contributed by atoms with Crippen LogP contribution in [0.4, 0.5) is 4.39 Å². The van der Waals surface area contributed by atoms with Gasteiger partial charge in [-0.2, -0.15) is 0 Å². The van der Waals surface area contributed by atoms with Crippen molar-refractivity contribution in [2.45, 2.75) is 26.4 Å². The SMILES string of the molecule is COc1cccc(C2c3c(oc4c(C)cc(C)cc4c3=O)C(=O)N2Cc2ccc(F)cc2)c1. The maximum atomic E-state index is 13.7. The van der Waals surface area contributed by atoms with Gasteiger partial charge >= 0.3 is 0 Å². The van der Waals surface area contributed by atoms with Crippen molar-refractivity contribution in [3.63, 3.8) is 0 Å². The highest BCUT2D eigenvalue weighted by Crippen LogP contribution is 2.40. The van der Waals surface area contributed by atoms with Crippen LogP contribution in [0.25, 0.3) is 11.0 Å². The van der Waals surface area contributed by atoms with Gasteiger partial charge in [0.25, 0.3) is 5.91 Å². The fourth-order valence-corrected chi connectivity index (χ4v) is 4.58. The first-order valence-corrected chi connectivity index (χ1v) is 10.6. The summed E-state index contributed by atoms with van der Waals surface area (Å²) in [4.78, 5) is 28.9. The smallest absolute Gasteiger partial charge is 0.291 e. The molecular weight excluding hydrogens is 421 g/mol. The molecular formula is C27H22FNO4. The van der Waals surface area contributed by atoms with E-state index in [1.165, 1.54) is 12.1 Å². The van der Waals surface area contributed by atoms with E-state index in [1.54, 1.807) is 36.3 Å². The topological polar surface area (TPSA) is 59.8 Å². The van der Waals surface area contributed by atoms with Gasteiger partial charge < -0.3 is 14.1 Å². The van der Waals surface area contributed by atoms with Crippen molar-refractivity contribution in [2.75, 3.05) is 7.11 Å². The Hall–Kier alpha value is -3.93. The van der Waals surface area contributed by atoms with Crippen molar-refractivity contribution < 1.29 is 18.3 Å². The molecule has 1 aliphatic rings. The minimum atomic E-state index is -0.658. The number of hydrogen-bond acceptors (Lipinski definition) is 4. The van der Waals surface area contributed by atoms with Crippen molar-refractivity contribution >= 4 is 16.9 Å². The monoisotopic (exact) mass is 443 g/mol. The molecule has 0 fully saturated rings. The van der Waals surface area contributed by atoms with Gasteiger partial charge in [-0.15, -0.1) is 0 Å². The summed E-state index contributed by atoms with van der Waals surface area (Å²) in [6.07, 6.45) is 0. The number of fused-ring (bicyclic) bond motifs is 2. The third-order valence-electron chi connectivity index (χ3n) is 6.07. The van der Waals surface area contributed by atoms with Crippen LogP contribution in [0.1, 0.15) is 44.4 Å². The van der Waals surface area contributed by atoms with Gasteiger partial charge in [0, 0.05) is 6.54 Å². The number of amides is 1. The van der Waals surface area contributed by atoms with Crippen molar-refractivity contribution in [1.82, 2.24) is 4.90 Å². The molecule has 1 aromatic heterocycles. The van der Waals surface area contributed by atoms with Gasteiger partial charge in [-0.3, -0.25) is 9.59 Å². The number of carbonyl (C=O) groups excluding carboxylic acids is 1. The molecule has 3 aromatic carbocycles. The van der Waals surface area contributed by atoms with Crippen molar-refractivity contribution in [2.24, 2.45) is 0 Å². The molecule has 166 valence electrons. The molecule has 2 heterocycles. The number of nitrogens with zero attached hydrogens (tertiary/aromatic N) is 1. The lowest BCUT2D eigenvalue weighted by Gasteiger charge is -2.25. The van der Waals surface area contributed by atoms with E-state index in [0.29, 0.717) is 22.3 Å². The van der Waals surface area contributed by atoms with Gasteiger partial charge in [-0.1, -0.05) is 30.3 Å². The van der Waals surface area contributed by atoms with E-state index >= 15 is 0 Å². The number of benzene rings is 3. The number of methoxy groups -OCH3 is 1. The molecule has 0 saturated heterocycles. The third-order valence-corrected chi connectivity index (χ3v) is 6.07. The number of carbonyl (C=O) groups is 1. The highest BCUT2D eigenvalue weighted by Gasteiger charge is 2.43. The normalized spacial score (nSPS) is 15.2. The quantitative estimate of drug-likeness (QED) is 0.429. The van der Waals surface area contributed by atoms with Crippen LogP contribution in [-0.4, -0.2) is 17.9 Å². The standard InChI is InChI=1S/C27H22FNO4/c1-15-11-16(2)25-21(12-15)24(30)22-23(18-5-4-6-20(13-18)32-3)29(27(31)26(22)33-25)14-17-7-9-19(28)10-8-17/h4-13,23H,14H2,1-3H3. The van der Waals surface area contributed by atoms with Crippen LogP contribution in [0, 0.1) is 19.7 Å². The molecule has 33 heavy (non-hydrogen) atoms. The summed E-state index contributed by atoms with van der Waals surface area (Å²) < 4.78 is 24.9.